The van der Waals surface area contributed by atoms with Crippen molar-refractivity contribution in [2.75, 3.05) is 13.2 Å². The number of carbonyl (C=O) groups excluding carboxylic acids is 1. The smallest absolute Gasteiger partial charge is 0.429 e. The second kappa shape index (κ2) is 5.62. The highest BCUT2D eigenvalue weighted by molar-refractivity contribution is 6.02. The third-order valence-electron chi connectivity index (χ3n) is 1.29. The molecule has 0 aliphatic heterocycles. The molecular weight excluding hydrogens is 199 g/mol. The summed E-state index contributed by atoms with van der Waals surface area (Å²) >= 11 is 0. The molecule has 3 nitrogen and oxygen atoms in total. The van der Waals surface area contributed by atoms with Crippen LogP contribution in [0.4, 0.5) is 13.2 Å². The molecule has 0 aliphatic rings. The molecule has 0 rings (SSSR count). The van der Waals surface area contributed by atoms with Crippen LogP contribution in [-0.4, -0.2) is 31.0 Å². The zero-order chi connectivity index (χ0) is 11.2. The number of rotatable bonds is 4. The van der Waals surface area contributed by atoms with Gasteiger partial charge < -0.3 is 4.74 Å². The lowest BCUT2D eigenvalue weighted by atomic mass is 10.2. The average molecular weight is 211 g/mol. The van der Waals surface area contributed by atoms with Crippen LogP contribution in [0.1, 0.15) is 20.3 Å². The monoisotopic (exact) mass is 211 g/mol. The number of hydrogen-bond donors (Lipinski definition) is 0. The molecular formula is C8H12F3NO2. The molecule has 0 aromatic rings. The summed E-state index contributed by atoms with van der Waals surface area (Å²) in [6, 6.07) is 0. The highest BCUT2D eigenvalue weighted by Gasteiger charge is 2.36. The van der Waals surface area contributed by atoms with Crippen molar-refractivity contribution < 1.29 is 22.7 Å². The molecule has 0 radical (unpaired) electrons. The van der Waals surface area contributed by atoms with Crippen molar-refractivity contribution in [1.82, 2.24) is 0 Å². The largest absolute Gasteiger partial charge is 0.466 e. The fraction of sp³-hybridized carbons (Fsp3) is 0.750. The molecule has 0 atom stereocenters. The van der Waals surface area contributed by atoms with E-state index in [4.69, 9.17) is 0 Å². The number of carbonyl (C=O) groups is 1. The van der Waals surface area contributed by atoms with E-state index in [0.29, 0.717) is 0 Å². The summed E-state index contributed by atoms with van der Waals surface area (Å²) in [7, 11) is 0. The van der Waals surface area contributed by atoms with E-state index in [1.165, 1.54) is 13.8 Å². The highest BCUT2D eigenvalue weighted by atomic mass is 19.4. The fourth-order valence-electron chi connectivity index (χ4n) is 0.785. The fourth-order valence-corrected chi connectivity index (χ4v) is 0.785. The minimum atomic E-state index is -4.55. The first-order chi connectivity index (χ1) is 6.41. The van der Waals surface area contributed by atoms with Crippen LogP contribution in [-0.2, 0) is 9.53 Å². The van der Waals surface area contributed by atoms with Crippen molar-refractivity contribution in [3.63, 3.8) is 0 Å². The van der Waals surface area contributed by atoms with Crippen molar-refractivity contribution >= 4 is 11.7 Å². The third kappa shape index (κ3) is 4.84. The summed E-state index contributed by atoms with van der Waals surface area (Å²) in [5.41, 5.74) is -1.08. The Morgan fingerprint density at radius 2 is 1.93 bits per heavy atom. The molecule has 0 bridgehead atoms. The van der Waals surface area contributed by atoms with Gasteiger partial charge in [0, 0.05) is 6.54 Å². The second-order valence-electron chi connectivity index (χ2n) is 2.40. The average Bonchev–Trinajstić information content (AvgIpc) is 2.02. The summed E-state index contributed by atoms with van der Waals surface area (Å²) < 4.78 is 40.9. The van der Waals surface area contributed by atoms with Crippen LogP contribution >= 0.6 is 0 Å². The van der Waals surface area contributed by atoms with Gasteiger partial charge in [-0.3, -0.25) is 9.79 Å². The lowest BCUT2D eigenvalue weighted by molar-refractivity contribution is -0.142. The van der Waals surface area contributed by atoms with Crippen molar-refractivity contribution in [3.8, 4) is 0 Å². The van der Waals surface area contributed by atoms with Crippen LogP contribution in [0, 0.1) is 0 Å². The van der Waals surface area contributed by atoms with Gasteiger partial charge in [-0.05, 0) is 13.8 Å². The first-order valence-corrected chi connectivity index (χ1v) is 4.18. The van der Waals surface area contributed by atoms with E-state index in [0.717, 1.165) is 0 Å². The molecule has 0 saturated carbocycles. The Labute approximate surface area is 80.0 Å². The molecule has 0 aliphatic carbocycles. The Morgan fingerprint density at radius 1 is 1.36 bits per heavy atom. The molecule has 0 N–H and O–H groups in total. The maximum Gasteiger partial charge on any atom is 0.429 e. The normalized spacial score (nSPS) is 12.8. The molecule has 0 heterocycles. The number of halogens is 3. The molecule has 0 amide bonds. The minimum Gasteiger partial charge on any atom is -0.466 e. The van der Waals surface area contributed by atoms with Gasteiger partial charge in [0.2, 0.25) is 0 Å². The van der Waals surface area contributed by atoms with E-state index in [1.54, 1.807) is 0 Å². The van der Waals surface area contributed by atoms with Gasteiger partial charge >= 0.3 is 12.1 Å². The molecule has 82 valence electrons. The van der Waals surface area contributed by atoms with E-state index < -0.39 is 24.3 Å². The first kappa shape index (κ1) is 12.9. The van der Waals surface area contributed by atoms with Gasteiger partial charge in [-0.15, -0.1) is 0 Å². The van der Waals surface area contributed by atoms with Crippen LogP contribution in [0.15, 0.2) is 4.99 Å². The lowest BCUT2D eigenvalue weighted by Gasteiger charge is -2.09. The molecule has 0 aromatic carbocycles. The Kier molecular flexibility index (Phi) is 5.19. The standard InChI is InChI=1S/C8H12F3NO2/c1-3-12-6(8(9,10)11)5-7(13)14-4-2/h3-5H2,1-2H3. The molecule has 0 unspecified atom stereocenters. The van der Waals surface area contributed by atoms with Crippen molar-refractivity contribution in [2.45, 2.75) is 26.4 Å². The molecule has 0 saturated heterocycles. The van der Waals surface area contributed by atoms with Gasteiger partial charge in [0.05, 0.1) is 13.0 Å². The predicted molar refractivity (Wildman–Crippen MR) is 45.3 cm³/mol. The Hall–Kier alpha value is -1.07. The van der Waals surface area contributed by atoms with E-state index in [9.17, 15) is 18.0 Å². The first-order valence-electron chi connectivity index (χ1n) is 4.18. The maximum absolute atomic E-state index is 12.2. The van der Waals surface area contributed by atoms with E-state index in [1.807, 2.05) is 0 Å². The van der Waals surface area contributed by atoms with Gasteiger partial charge in [-0.25, -0.2) is 0 Å². The quantitative estimate of drug-likeness (QED) is 0.526. The van der Waals surface area contributed by atoms with Crippen LogP contribution < -0.4 is 0 Å². The van der Waals surface area contributed by atoms with E-state index in [2.05, 4.69) is 9.73 Å². The number of nitrogens with zero attached hydrogens (tertiary/aromatic N) is 1. The number of ether oxygens (including phenoxy) is 1. The molecule has 0 spiro atoms. The third-order valence-corrected chi connectivity index (χ3v) is 1.29. The SMILES string of the molecule is CCN=C(CC(=O)OCC)C(F)(F)F. The topological polar surface area (TPSA) is 38.7 Å². The summed E-state index contributed by atoms with van der Waals surface area (Å²) in [6.07, 6.45) is -5.37. The lowest BCUT2D eigenvalue weighted by Crippen LogP contribution is -2.27. The second-order valence-corrected chi connectivity index (χ2v) is 2.40. The number of hydrogen-bond acceptors (Lipinski definition) is 3. The Bertz CT molecular complexity index is 223. The van der Waals surface area contributed by atoms with Gasteiger partial charge in [-0.1, -0.05) is 0 Å². The number of aliphatic imine (C=N–C) groups is 1. The number of esters is 1. The van der Waals surface area contributed by atoms with E-state index >= 15 is 0 Å². The summed E-state index contributed by atoms with van der Waals surface area (Å²) in [4.78, 5) is 14.0. The van der Waals surface area contributed by atoms with Crippen LogP contribution in [0.5, 0.6) is 0 Å². The molecule has 14 heavy (non-hydrogen) atoms. The summed E-state index contributed by atoms with van der Waals surface area (Å²) in [6.45, 7) is 3.06. The number of alkyl halides is 3. The van der Waals surface area contributed by atoms with Crippen LogP contribution in [0.25, 0.3) is 0 Å². The van der Waals surface area contributed by atoms with Gasteiger partial charge in [0.15, 0.2) is 0 Å². The predicted octanol–water partition coefficient (Wildman–Crippen LogP) is 1.96. The summed E-state index contributed by atoms with van der Waals surface area (Å²) in [5.74, 6) is -0.906. The van der Waals surface area contributed by atoms with Gasteiger partial charge in [0.25, 0.3) is 0 Å². The Morgan fingerprint density at radius 3 is 2.29 bits per heavy atom. The van der Waals surface area contributed by atoms with Crippen molar-refractivity contribution in [1.29, 1.82) is 0 Å². The minimum absolute atomic E-state index is 0.00571. The zero-order valence-corrected chi connectivity index (χ0v) is 8.02. The van der Waals surface area contributed by atoms with Gasteiger partial charge in [-0.2, -0.15) is 13.2 Å². The zero-order valence-electron chi connectivity index (χ0n) is 8.02. The summed E-state index contributed by atoms with van der Waals surface area (Å²) in [5, 5.41) is 0. The van der Waals surface area contributed by atoms with Crippen molar-refractivity contribution in [3.05, 3.63) is 0 Å². The van der Waals surface area contributed by atoms with E-state index in [-0.39, 0.29) is 13.2 Å². The highest BCUT2D eigenvalue weighted by Crippen LogP contribution is 2.19. The molecule has 6 heteroatoms. The molecule has 0 fully saturated rings. The van der Waals surface area contributed by atoms with Gasteiger partial charge in [0.1, 0.15) is 5.71 Å². The molecule has 0 aromatic heterocycles. The van der Waals surface area contributed by atoms with Crippen LogP contribution in [0.3, 0.4) is 0 Å². The van der Waals surface area contributed by atoms with Crippen LogP contribution in [0.2, 0.25) is 0 Å². The maximum atomic E-state index is 12.2. The van der Waals surface area contributed by atoms with Crippen molar-refractivity contribution in [2.24, 2.45) is 4.99 Å². The Balaban J connectivity index is 4.40.